The van der Waals surface area contributed by atoms with E-state index in [-0.39, 0.29) is 4.90 Å². The third-order valence-electron chi connectivity index (χ3n) is 4.79. The van der Waals surface area contributed by atoms with Gasteiger partial charge in [0.05, 0.1) is 4.90 Å². The smallest absolute Gasteiger partial charge is 0.328 e. The van der Waals surface area contributed by atoms with Crippen molar-refractivity contribution in [3.05, 3.63) is 59.7 Å². The Hall–Kier alpha value is -2.54. The molecular formula is C20H25N3O3S. The van der Waals surface area contributed by atoms with Gasteiger partial charge in [0.25, 0.3) is 10.0 Å². The first-order chi connectivity index (χ1) is 12.8. The zero-order valence-corrected chi connectivity index (χ0v) is 16.4. The van der Waals surface area contributed by atoms with E-state index >= 15 is 0 Å². The molecule has 0 bridgehead atoms. The van der Waals surface area contributed by atoms with Gasteiger partial charge in [-0.15, -0.1) is 0 Å². The van der Waals surface area contributed by atoms with Crippen molar-refractivity contribution in [2.24, 2.45) is 5.92 Å². The first-order valence-corrected chi connectivity index (χ1v) is 10.5. The quantitative estimate of drug-likeness (QED) is 0.827. The molecule has 0 aromatic heterocycles. The summed E-state index contributed by atoms with van der Waals surface area (Å²) >= 11 is 0. The van der Waals surface area contributed by atoms with Gasteiger partial charge in [-0.2, -0.15) is 0 Å². The summed E-state index contributed by atoms with van der Waals surface area (Å²) in [6.07, 6.45) is 0.957. The van der Waals surface area contributed by atoms with Crippen LogP contribution in [0.4, 0.5) is 10.5 Å². The third-order valence-corrected chi connectivity index (χ3v) is 6.14. The summed E-state index contributed by atoms with van der Waals surface area (Å²) in [5, 5.41) is 2.69. The van der Waals surface area contributed by atoms with Crippen molar-refractivity contribution in [2.75, 3.05) is 24.5 Å². The number of hydrogen-bond acceptors (Lipinski definition) is 4. The van der Waals surface area contributed by atoms with Crippen LogP contribution in [0, 0.1) is 19.8 Å². The van der Waals surface area contributed by atoms with Crippen LogP contribution in [0.3, 0.4) is 0 Å². The minimum atomic E-state index is -3.85. The molecule has 6 nitrogen and oxygen atoms in total. The minimum Gasteiger partial charge on any atom is -0.371 e. The molecule has 27 heavy (non-hydrogen) atoms. The molecule has 2 aromatic rings. The number of benzene rings is 2. The van der Waals surface area contributed by atoms with E-state index in [0.717, 1.165) is 25.1 Å². The number of aryl methyl sites for hydroxylation is 2. The molecule has 1 fully saturated rings. The molecule has 0 aliphatic carbocycles. The monoisotopic (exact) mass is 387 g/mol. The van der Waals surface area contributed by atoms with E-state index in [9.17, 15) is 13.2 Å². The Morgan fingerprint density at radius 1 is 1.04 bits per heavy atom. The van der Waals surface area contributed by atoms with Crippen LogP contribution in [0.25, 0.3) is 0 Å². The maximum atomic E-state index is 12.2. The van der Waals surface area contributed by atoms with Crippen molar-refractivity contribution in [3.8, 4) is 0 Å². The van der Waals surface area contributed by atoms with Crippen LogP contribution in [0.1, 0.15) is 17.5 Å². The molecule has 7 heteroatoms. The first-order valence-electron chi connectivity index (χ1n) is 9.02. The van der Waals surface area contributed by atoms with Crippen LogP contribution < -0.4 is 14.9 Å². The van der Waals surface area contributed by atoms with Crippen LogP contribution in [0.5, 0.6) is 0 Å². The number of carbonyl (C=O) groups excluding carboxylic acids is 1. The lowest BCUT2D eigenvalue weighted by Gasteiger charge is -2.19. The van der Waals surface area contributed by atoms with Crippen molar-refractivity contribution in [3.63, 3.8) is 0 Å². The molecule has 2 N–H and O–H groups in total. The Morgan fingerprint density at radius 3 is 2.26 bits per heavy atom. The average Bonchev–Trinajstić information content (AvgIpc) is 3.10. The van der Waals surface area contributed by atoms with E-state index < -0.39 is 16.1 Å². The summed E-state index contributed by atoms with van der Waals surface area (Å²) in [5.74, 6) is 0.291. The van der Waals surface area contributed by atoms with Crippen molar-refractivity contribution in [1.29, 1.82) is 0 Å². The number of amides is 2. The maximum Gasteiger partial charge on any atom is 0.328 e. The van der Waals surface area contributed by atoms with Crippen molar-refractivity contribution < 1.29 is 13.2 Å². The molecular weight excluding hydrogens is 362 g/mol. The highest BCUT2D eigenvalue weighted by molar-refractivity contribution is 7.90. The van der Waals surface area contributed by atoms with Gasteiger partial charge in [-0.25, -0.2) is 17.9 Å². The van der Waals surface area contributed by atoms with E-state index in [1.165, 1.54) is 23.4 Å². The van der Waals surface area contributed by atoms with Crippen LogP contribution in [-0.4, -0.2) is 34.1 Å². The van der Waals surface area contributed by atoms with Gasteiger partial charge in [-0.3, -0.25) is 0 Å². The second-order valence-corrected chi connectivity index (χ2v) is 8.75. The maximum absolute atomic E-state index is 12.2. The highest BCUT2D eigenvalue weighted by Crippen LogP contribution is 2.23. The minimum absolute atomic E-state index is 0.0784. The summed E-state index contributed by atoms with van der Waals surface area (Å²) in [4.78, 5) is 14.4. The SMILES string of the molecule is Cc1ccc(N2CCC(CNC(=O)NS(=O)(=O)c3ccc(C)cc3)C2)cc1. The van der Waals surface area contributed by atoms with Gasteiger partial charge in [-0.1, -0.05) is 35.4 Å². The Kier molecular flexibility index (Phi) is 5.70. The summed E-state index contributed by atoms with van der Waals surface area (Å²) < 4.78 is 26.5. The molecule has 2 amide bonds. The molecule has 0 radical (unpaired) electrons. The molecule has 1 atom stereocenters. The lowest BCUT2D eigenvalue weighted by Crippen LogP contribution is -2.41. The molecule has 1 unspecified atom stereocenters. The Labute approximate surface area is 160 Å². The Morgan fingerprint density at radius 2 is 1.63 bits per heavy atom. The lowest BCUT2D eigenvalue weighted by atomic mass is 10.1. The molecule has 2 aromatic carbocycles. The number of rotatable bonds is 5. The Balaban J connectivity index is 1.49. The predicted octanol–water partition coefficient (Wildman–Crippen LogP) is 2.82. The Bertz CT molecular complexity index is 893. The number of nitrogens with one attached hydrogen (secondary N) is 2. The van der Waals surface area contributed by atoms with E-state index in [1.807, 2.05) is 6.92 Å². The van der Waals surface area contributed by atoms with Crippen LogP contribution in [0.15, 0.2) is 53.4 Å². The van der Waals surface area contributed by atoms with E-state index in [2.05, 4.69) is 46.1 Å². The van der Waals surface area contributed by atoms with Gasteiger partial charge in [-0.05, 0) is 50.5 Å². The van der Waals surface area contributed by atoms with Crippen molar-refractivity contribution in [2.45, 2.75) is 25.2 Å². The van der Waals surface area contributed by atoms with E-state index in [0.29, 0.717) is 12.5 Å². The summed E-state index contributed by atoms with van der Waals surface area (Å²) in [6, 6.07) is 14.1. The normalized spacial score (nSPS) is 17.0. The summed E-state index contributed by atoms with van der Waals surface area (Å²) in [6.45, 7) is 6.14. The van der Waals surface area contributed by atoms with E-state index in [1.54, 1.807) is 12.1 Å². The molecule has 1 aliphatic rings. The number of hydrogen-bond donors (Lipinski definition) is 2. The van der Waals surface area contributed by atoms with Crippen LogP contribution >= 0.6 is 0 Å². The van der Waals surface area contributed by atoms with Gasteiger partial charge in [0.15, 0.2) is 0 Å². The van der Waals surface area contributed by atoms with Gasteiger partial charge < -0.3 is 10.2 Å². The molecule has 0 spiro atoms. The number of nitrogens with zero attached hydrogens (tertiary/aromatic N) is 1. The molecule has 144 valence electrons. The number of carbonyl (C=O) groups is 1. The van der Waals surface area contributed by atoms with Gasteiger partial charge in [0.1, 0.15) is 0 Å². The average molecular weight is 388 g/mol. The van der Waals surface area contributed by atoms with E-state index in [4.69, 9.17) is 0 Å². The summed E-state index contributed by atoms with van der Waals surface area (Å²) in [5.41, 5.74) is 3.36. The summed E-state index contributed by atoms with van der Waals surface area (Å²) in [7, 11) is -3.85. The third kappa shape index (κ3) is 5.01. The fourth-order valence-electron chi connectivity index (χ4n) is 3.16. The van der Waals surface area contributed by atoms with Crippen molar-refractivity contribution >= 4 is 21.7 Å². The first kappa shape index (κ1) is 19.2. The van der Waals surface area contributed by atoms with Gasteiger partial charge >= 0.3 is 6.03 Å². The molecule has 1 heterocycles. The molecule has 3 rings (SSSR count). The topological polar surface area (TPSA) is 78.5 Å². The fraction of sp³-hybridized carbons (Fsp3) is 0.350. The number of sulfonamides is 1. The van der Waals surface area contributed by atoms with Gasteiger partial charge in [0, 0.05) is 25.3 Å². The zero-order valence-electron chi connectivity index (χ0n) is 15.6. The molecule has 1 saturated heterocycles. The largest absolute Gasteiger partial charge is 0.371 e. The predicted molar refractivity (Wildman–Crippen MR) is 106 cm³/mol. The van der Waals surface area contributed by atoms with Crippen LogP contribution in [-0.2, 0) is 10.0 Å². The van der Waals surface area contributed by atoms with Crippen LogP contribution in [0.2, 0.25) is 0 Å². The fourth-order valence-corrected chi connectivity index (χ4v) is 4.09. The second kappa shape index (κ2) is 8.00. The second-order valence-electron chi connectivity index (χ2n) is 7.06. The molecule has 1 aliphatic heterocycles. The van der Waals surface area contributed by atoms with Gasteiger partial charge in [0.2, 0.25) is 0 Å². The highest BCUT2D eigenvalue weighted by atomic mass is 32.2. The molecule has 0 saturated carbocycles. The highest BCUT2D eigenvalue weighted by Gasteiger charge is 2.24. The standard InChI is InChI=1S/C20H25N3O3S/c1-15-3-7-18(8-4-15)23-12-11-17(14-23)13-21-20(24)22-27(25,26)19-9-5-16(2)6-10-19/h3-10,17H,11-14H2,1-2H3,(H2,21,22,24). The lowest BCUT2D eigenvalue weighted by molar-refractivity contribution is 0.244. The number of urea groups is 1. The van der Waals surface area contributed by atoms with Crippen molar-refractivity contribution in [1.82, 2.24) is 10.0 Å². The number of anilines is 1. The zero-order chi connectivity index (χ0) is 19.4.